The molecule has 1 nitrogen and oxygen atoms in total. The maximum absolute atomic E-state index is 13.2. The van der Waals surface area contributed by atoms with Crippen LogP contribution in [-0.4, -0.2) is 23.2 Å². The van der Waals surface area contributed by atoms with E-state index in [9.17, 15) is 13.9 Å². The zero-order chi connectivity index (χ0) is 11.3. The van der Waals surface area contributed by atoms with Crippen molar-refractivity contribution >= 4 is 11.8 Å². The Morgan fingerprint density at radius 1 is 1.40 bits per heavy atom. The number of aliphatic hydroxyl groups excluding tert-OH is 1. The second-order valence-corrected chi connectivity index (χ2v) is 4.36. The molecule has 0 fully saturated rings. The van der Waals surface area contributed by atoms with Crippen LogP contribution in [0.5, 0.6) is 0 Å². The number of hydrogen-bond donors (Lipinski definition) is 1. The smallest absolute Gasteiger partial charge is 0.126 e. The highest BCUT2D eigenvalue weighted by Gasteiger charge is 2.10. The van der Waals surface area contributed by atoms with Gasteiger partial charge < -0.3 is 5.11 Å². The first-order chi connectivity index (χ1) is 7.13. The van der Waals surface area contributed by atoms with Crippen LogP contribution >= 0.6 is 11.8 Å². The van der Waals surface area contributed by atoms with E-state index in [1.54, 1.807) is 11.8 Å². The van der Waals surface area contributed by atoms with Crippen molar-refractivity contribution in [2.75, 3.05) is 12.0 Å². The number of rotatable bonds is 5. The van der Waals surface area contributed by atoms with Gasteiger partial charge in [0.2, 0.25) is 0 Å². The van der Waals surface area contributed by atoms with E-state index in [4.69, 9.17) is 0 Å². The first-order valence-corrected chi connectivity index (χ1v) is 6.14. The van der Waals surface area contributed by atoms with Gasteiger partial charge in [-0.25, -0.2) is 8.78 Å². The van der Waals surface area contributed by atoms with Crippen molar-refractivity contribution < 1.29 is 13.9 Å². The van der Waals surface area contributed by atoms with Gasteiger partial charge >= 0.3 is 0 Å². The van der Waals surface area contributed by atoms with Gasteiger partial charge in [-0.15, -0.1) is 0 Å². The molecule has 0 bridgehead atoms. The van der Waals surface area contributed by atoms with Gasteiger partial charge in [-0.1, -0.05) is 0 Å². The summed E-state index contributed by atoms with van der Waals surface area (Å²) in [4.78, 5) is 0. The predicted octanol–water partition coefficient (Wildman–Crippen LogP) is 2.62. The van der Waals surface area contributed by atoms with Gasteiger partial charge in [-0.3, -0.25) is 0 Å². The summed E-state index contributed by atoms with van der Waals surface area (Å²) in [6.07, 6.45) is 2.10. The van der Waals surface area contributed by atoms with Crippen LogP contribution in [0.2, 0.25) is 0 Å². The van der Waals surface area contributed by atoms with E-state index in [2.05, 4.69) is 0 Å². The minimum atomic E-state index is -0.603. The lowest BCUT2D eigenvalue weighted by Crippen LogP contribution is -2.12. The van der Waals surface area contributed by atoms with Crippen LogP contribution in [-0.2, 0) is 6.42 Å². The van der Waals surface area contributed by atoms with E-state index in [-0.39, 0.29) is 12.0 Å². The van der Waals surface area contributed by atoms with Crippen molar-refractivity contribution in [3.05, 3.63) is 35.4 Å². The van der Waals surface area contributed by atoms with Crippen LogP contribution in [0.3, 0.4) is 0 Å². The normalized spacial score (nSPS) is 12.8. The highest BCUT2D eigenvalue weighted by Crippen LogP contribution is 2.13. The summed E-state index contributed by atoms with van der Waals surface area (Å²) in [6, 6.07) is 3.30. The molecule has 1 rings (SSSR count). The highest BCUT2D eigenvalue weighted by atomic mass is 32.2. The van der Waals surface area contributed by atoms with Crippen LogP contribution in [0, 0.1) is 11.6 Å². The molecule has 1 aromatic carbocycles. The fraction of sp³-hybridized carbons (Fsp3) is 0.455. The first-order valence-electron chi connectivity index (χ1n) is 4.74. The minimum absolute atomic E-state index is 0.171. The maximum atomic E-state index is 13.2. The van der Waals surface area contributed by atoms with Crippen LogP contribution in [0.25, 0.3) is 0 Å². The molecule has 0 amide bonds. The van der Waals surface area contributed by atoms with Gasteiger partial charge in [-0.2, -0.15) is 11.8 Å². The molecule has 84 valence electrons. The molecule has 0 heterocycles. The maximum Gasteiger partial charge on any atom is 0.126 e. The van der Waals surface area contributed by atoms with E-state index < -0.39 is 17.7 Å². The number of aliphatic hydroxyl groups is 1. The van der Waals surface area contributed by atoms with E-state index in [1.165, 1.54) is 0 Å². The van der Waals surface area contributed by atoms with Crippen molar-refractivity contribution in [1.82, 2.24) is 0 Å². The Morgan fingerprint density at radius 2 is 2.13 bits per heavy atom. The molecule has 15 heavy (non-hydrogen) atoms. The van der Waals surface area contributed by atoms with Gasteiger partial charge in [0.1, 0.15) is 11.6 Å². The molecule has 0 aliphatic carbocycles. The lowest BCUT2D eigenvalue weighted by molar-refractivity contribution is 0.171. The van der Waals surface area contributed by atoms with Crippen LogP contribution in [0.4, 0.5) is 8.78 Å². The lowest BCUT2D eigenvalue weighted by Gasteiger charge is -2.10. The van der Waals surface area contributed by atoms with Gasteiger partial charge in [0.25, 0.3) is 0 Å². The molecule has 0 aliphatic rings. The molecule has 0 aliphatic heterocycles. The second-order valence-electron chi connectivity index (χ2n) is 3.38. The highest BCUT2D eigenvalue weighted by molar-refractivity contribution is 7.98. The molecular formula is C11H14F2OS. The summed E-state index contributed by atoms with van der Waals surface area (Å²) in [5.74, 6) is -0.110. The third kappa shape index (κ3) is 4.18. The third-order valence-corrected chi connectivity index (χ3v) is 2.76. The Bertz CT molecular complexity index is 317. The summed E-state index contributed by atoms with van der Waals surface area (Å²) in [7, 11) is 0. The van der Waals surface area contributed by atoms with Crippen molar-refractivity contribution in [3.63, 3.8) is 0 Å². The van der Waals surface area contributed by atoms with Crippen molar-refractivity contribution in [1.29, 1.82) is 0 Å². The number of benzene rings is 1. The van der Waals surface area contributed by atoms with Crippen LogP contribution in [0.1, 0.15) is 12.0 Å². The molecule has 4 heteroatoms. The molecule has 0 aromatic heterocycles. The van der Waals surface area contributed by atoms with Gasteiger partial charge in [-0.05, 0) is 42.2 Å². The molecule has 0 radical (unpaired) electrons. The van der Waals surface area contributed by atoms with E-state index in [0.29, 0.717) is 6.42 Å². The summed E-state index contributed by atoms with van der Waals surface area (Å²) < 4.78 is 26.0. The number of hydrogen-bond acceptors (Lipinski definition) is 2. The Hall–Kier alpha value is -0.610. The first kappa shape index (κ1) is 12.5. The predicted molar refractivity (Wildman–Crippen MR) is 59.1 cm³/mol. The van der Waals surface area contributed by atoms with E-state index in [0.717, 1.165) is 24.0 Å². The van der Waals surface area contributed by atoms with E-state index >= 15 is 0 Å². The molecule has 1 atom stereocenters. The van der Waals surface area contributed by atoms with Gasteiger partial charge in [0, 0.05) is 6.42 Å². The third-order valence-electron chi connectivity index (χ3n) is 2.12. The number of halogens is 2. The fourth-order valence-corrected chi connectivity index (χ4v) is 1.82. The Kier molecular flexibility index (Phi) is 5.05. The second kappa shape index (κ2) is 6.08. The standard InChI is InChI=1S/C11H14F2OS/c1-15-5-4-10(14)7-8-6-9(12)2-3-11(8)13/h2-3,6,10,14H,4-5,7H2,1H3. The molecule has 1 unspecified atom stereocenters. The van der Waals surface area contributed by atoms with Crippen LogP contribution in [0.15, 0.2) is 18.2 Å². The van der Waals surface area contributed by atoms with Crippen molar-refractivity contribution in [2.24, 2.45) is 0 Å². The number of thioether (sulfide) groups is 1. The minimum Gasteiger partial charge on any atom is -0.393 e. The largest absolute Gasteiger partial charge is 0.393 e. The zero-order valence-corrected chi connectivity index (χ0v) is 9.36. The summed E-state index contributed by atoms with van der Waals surface area (Å²) in [6.45, 7) is 0. The fourth-order valence-electron chi connectivity index (χ4n) is 1.31. The monoisotopic (exact) mass is 232 g/mol. The van der Waals surface area contributed by atoms with Crippen molar-refractivity contribution in [3.8, 4) is 0 Å². The lowest BCUT2D eigenvalue weighted by atomic mass is 10.1. The quantitative estimate of drug-likeness (QED) is 0.842. The Labute approximate surface area is 92.5 Å². The average Bonchev–Trinajstić information content (AvgIpc) is 2.20. The molecular weight excluding hydrogens is 218 g/mol. The van der Waals surface area contributed by atoms with Gasteiger partial charge in [0.15, 0.2) is 0 Å². The van der Waals surface area contributed by atoms with Crippen molar-refractivity contribution in [2.45, 2.75) is 18.9 Å². The van der Waals surface area contributed by atoms with Gasteiger partial charge in [0.05, 0.1) is 6.10 Å². The molecule has 1 aromatic rings. The van der Waals surface area contributed by atoms with E-state index in [1.807, 2.05) is 6.26 Å². The zero-order valence-electron chi connectivity index (χ0n) is 8.54. The Balaban J connectivity index is 2.59. The summed E-state index contributed by atoms with van der Waals surface area (Å²) in [5, 5.41) is 9.55. The average molecular weight is 232 g/mol. The summed E-state index contributed by atoms with van der Waals surface area (Å²) >= 11 is 1.62. The molecule has 1 N–H and O–H groups in total. The molecule has 0 saturated heterocycles. The Morgan fingerprint density at radius 3 is 2.80 bits per heavy atom. The summed E-state index contributed by atoms with van der Waals surface area (Å²) in [5.41, 5.74) is 0.239. The SMILES string of the molecule is CSCCC(O)Cc1cc(F)ccc1F. The molecule has 0 saturated carbocycles. The topological polar surface area (TPSA) is 20.2 Å². The van der Waals surface area contributed by atoms with Crippen LogP contribution < -0.4 is 0 Å². The molecule has 0 spiro atoms.